The lowest BCUT2D eigenvalue weighted by Gasteiger charge is -2.30. The Morgan fingerprint density at radius 1 is 0.969 bits per heavy atom. The van der Waals surface area contributed by atoms with E-state index in [-0.39, 0.29) is 10.7 Å². The van der Waals surface area contributed by atoms with Crippen molar-refractivity contribution in [3.63, 3.8) is 0 Å². The number of carbonyl (C=O) groups excluding carboxylic acids is 2. The molecule has 1 saturated heterocycles. The van der Waals surface area contributed by atoms with E-state index in [2.05, 4.69) is 31.9 Å². The number of benzene rings is 2. The first kappa shape index (κ1) is 22.2. The summed E-state index contributed by atoms with van der Waals surface area (Å²) in [6, 6.07) is 15.6. The van der Waals surface area contributed by atoms with Crippen molar-refractivity contribution < 1.29 is 9.59 Å². The van der Waals surface area contributed by atoms with Gasteiger partial charge >= 0.3 is 0 Å². The maximum atomic E-state index is 13.4. The molecule has 0 spiro atoms. The zero-order chi connectivity index (χ0) is 23.2. The van der Waals surface area contributed by atoms with Gasteiger partial charge in [-0.25, -0.2) is 0 Å². The molecule has 2 aromatic carbocycles. The van der Waals surface area contributed by atoms with Crippen LogP contribution in [-0.2, 0) is 9.59 Å². The van der Waals surface area contributed by atoms with Gasteiger partial charge in [0.15, 0.2) is 5.11 Å². The summed E-state index contributed by atoms with van der Waals surface area (Å²) in [4.78, 5) is 27.4. The summed E-state index contributed by atoms with van der Waals surface area (Å²) in [5, 5.41) is 2.74. The number of halogens is 1. The molecule has 1 aromatic heterocycles. The zero-order valence-electron chi connectivity index (χ0n) is 18.2. The maximum Gasteiger partial charge on any atom is 0.270 e. The van der Waals surface area contributed by atoms with Gasteiger partial charge in [0.2, 0.25) is 0 Å². The van der Waals surface area contributed by atoms with Crippen molar-refractivity contribution in [2.45, 2.75) is 27.7 Å². The van der Waals surface area contributed by atoms with Gasteiger partial charge in [-0.3, -0.25) is 19.8 Å². The predicted octanol–water partition coefficient (Wildman–Crippen LogP) is 5.30. The third-order valence-electron chi connectivity index (χ3n) is 5.63. The summed E-state index contributed by atoms with van der Waals surface area (Å²) < 4.78 is 3.16. The number of rotatable bonds is 3. The van der Waals surface area contributed by atoms with Crippen LogP contribution in [0.25, 0.3) is 11.8 Å². The van der Waals surface area contributed by atoms with Crippen molar-refractivity contribution in [3.8, 4) is 5.69 Å². The first-order valence-electron chi connectivity index (χ1n) is 10.1. The highest BCUT2D eigenvalue weighted by Crippen LogP contribution is 2.28. The molecule has 1 aliphatic heterocycles. The summed E-state index contributed by atoms with van der Waals surface area (Å²) in [5.41, 5.74) is 6.49. The fourth-order valence-electron chi connectivity index (χ4n) is 3.95. The van der Waals surface area contributed by atoms with Gasteiger partial charge in [0.25, 0.3) is 11.8 Å². The minimum absolute atomic E-state index is 0.0501. The normalized spacial score (nSPS) is 15.5. The number of nitrogens with one attached hydrogen (secondary N) is 1. The summed E-state index contributed by atoms with van der Waals surface area (Å²) in [6.45, 7) is 7.92. The molecule has 3 aromatic rings. The number of para-hydroxylation sites is 1. The van der Waals surface area contributed by atoms with E-state index in [0.29, 0.717) is 5.69 Å². The number of thiocarbonyl (C=S) groups is 1. The van der Waals surface area contributed by atoms with Gasteiger partial charge in [0.05, 0.1) is 5.69 Å². The van der Waals surface area contributed by atoms with Gasteiger partial charge in [-0.1, -0.05) is 34.1 Å². The number of amides is 2. The van der Waals surface area contributed by atoms with E-state index >= 15 is 0 Å². The van der Waals surface area contributed by atoms with E-state index in [1.54, 1.807) is 6.08 Å². The van der Waals surface area contributed by atoms with Gasteiger partial charge in [-0.05, 0) is 93.0 Å². The number of aryl methyl sites for hydroxylation is 3. The smallest absolute Gasteiger partial charge is 0.270 e. The number of hydrogen-bond acceptors (Lipinski definition) is 3. The van der Waals surface area contributed by atoms with Crippen molar-refractivity contribution >= 4 is 56.8 Å². The highest BCUT2D eigenvalue weighted by molar-refractivity contribution is 9.10. The molecule has 4 rings (SSSR count). The Morgan fingerprint density at radius 3 is 2.38 bits per heavy atom. The van der Waals surface area contributed by atoms with Crippen LogP contribution < -0.4 is 10.2 Å². The standard InChI is InChI=1S/C25H22BrN3O2S/c1-14-7-5-6-8-22(14)29-24(31)20(23(30)27-25(29)32)13-18-12-16(3)28(17(18)4)19-9-10-21(26)15(2)11-19/h5-13H,1-4H3,(H,27,30,32)/b20-13+. The van der Waals surface area contributed by atoms with E-state index in [9.17, 15) is 9.59 Å². The second-order valence-electron chi connectivity index (χ2n) is 7.84. The lowest BCUT2D eigenvalue weighted by molar-refractivity contribution is -0.122. The molecule has 2 heterocycles. The quantitative estimate of drug-likeness (QED) is 0.297. The Labute approximate surface area is 200 Å². The Kier molecular flexibility index (Phi) is 5.88. The molecule has 0 unspecified atom stereocenters. The number of aromatic nitrogens is 1. The second kappa shape index (κ2) is 8.48. The number of anilines is 1. The van der Waals surface area contributed by atoms with Crippen molar-refractivity contribution in [1.29, 1.82) is 0 Å². The fraction of sp³-hybridized carbons (Fsp3) is 0.160. The Bertz CT molecular complexity index is 1320. The molecule has 162 valence electrons. The van der Waals surface area contributed by atoms with Crippen LogP contribution in [0.3, 0.4) is 0 Å². The number of nitrogens with zero attached hydrogens (tertiary/aromatic N) is 2. The summed E-state index contributed by atoms with van der Waals surface area (Å²) in [5.74, 6) is -0.925. The molecule has 0 bridgehead atoms. The molecule has 1 N–H and O–H groups in total. The van der Waals surface area contributed by atoms with Gasteiger partial charge < -0.3 is 4.57 Å². The van der Waals surface area contributed by atoms with E-state index in [4.69, 9.17) is 12.2 Å². The molecule has 0 aliphatic carbocycles. The van der Waals surface area contributed by atoms with Crippen LogP contribution in [0.2, 0.25) is 0 Å². The average molecular weight is 508 g/mol. The minimum atomic E-state index is -0.492. The number of hydrogen-bond donors (Lipinski definition) is 1. The zero-order valence-corrected chi connectivity index (χ0v) is 20.6. The van der Waals surface area contributed by atoms with Gasteiger partial charge in [0.1, 0.15) is 5.57 Å². The lowest BCUT2D eigenvalue weighted by Crippen LogP contribution is -2.54. The summed E-state index contributed by atoms with van der Waals surface area (Å²) in [7, 11) is 0. The molecular formula is C25H22BrN3O2S. The molecule has 0 radical (unpaired) electrons. The number of carbonyl (C=O) groups is 2. The van der Waals surface area contributed by atoms with Crippen LogP contribution in [0.4, 0.5) is 5.69 Å². The van der Waals surface area contributed by atoms with Crippen molar-refractivity contribution in [2.24, 2.45) is 0 Å². The third kappa shape index (κ3) is 3.82. The Morgan fingerprint density at radius 2 is 1.69 bits per heavy atom. The van der Waals surface area contributed by atoms with Crippen LogP contribution in [0.15, 0.2) is 58.6 Å². The Hall–Kier alpha value is -3.03. The van der Waals surface area contributed by atoms with Crippen LogP contribution >= 0.6 is 28.1 Å². The topological polar surface area (TPSA) is 54.3 Å². The highest BCUT2D eigenvalue weighted by atomic mass is 79.9. The second-order valence-corrected chi connectivity index (χ2v) is 9.08. The molecule has 7 heteroatoms. The average Bonchev–Trinajstić information content (AvgIpc) is 3.01. The molecule has 0 atom stereocenters. The molecule has 1 fully saturated rings. The first-order chi connectivity index (χ1) is 15.2. The summed E-state index contributed by atoms with van der Waals surface area (Å²) in [6.07, 6.45) is 1.65. The summed E-state index contributed by atoms with van der Waals surface area (Å²) >= 11 is 8.86. The van der Waals surface area contributed by atoms with E-state index < -0.39 is 11.8 Å². The first-order valence-corrected chi connectivity index (χ1v) is 11.3. The van der Waals surface area contributed by atoms with Gasteiger partial charge in [0, 0.05) is 21.5 Å². The lowest BCUT2D eigenvalue weighted by atomic mass is 10.1. The highest BCUT2D eigenvalue weighted by Gasteiger charge is 2.35. The third-order valence-corrected chi connectivity index (χ3v) is 6.80. The molecule has 2 amide bonds. The van der Waals surface area contributed by atoms with E-state index in [1.807, 2.05) is 70.2 Å². The van der Waals surface area contributed by atoms with Gasteiger partial charge in [-0.2, -0.15) is 0 Å². The molecule has 5 nitrogen and oxygen atoms in total. The van der Waals surface area contributed by atoms with Crippen LogP contribution in [-0.4, -0.2) is 21.5 Å². The van der Waals surface area contributed by atoms with E-state index in [0.717, 1.165) is 38.2 Å². The van der Waals surface area contributed by atoms with E-state index in [1.165, 1.54) is 4.90 Å². The van der Waals surface area contributed by atoms with Crippen LogP contribution in [0, 0.1) is 27.7 Å². The van der Waals surface area contributed by atoms with Gasteiger partial charge in [-0.15, -0.1) is 0 Å². The molecule has 0 saturated carbocycles. The molecule has 32 heavy (non-hydrogen) atoms. The van der Waals surface area contributed by atoms with Crippen molar-refractivity contribution in [1.82, 2.24) is 9.88 Å². The van der Waals surface area contributed by atoms with Crippen LogP contribution in [0.1, 0.15) is 28.1 Å². The fourth-order valence-corrected chi connectivity index (χ4v) is 4.47. The Balaban J connectivity index is 1.78. The largest absolute Gasteiger partial charge is 0.318 e. The molecular weight excluding hydrogens is 486 g/mol. The predicted molar refractivity (Wildman–Crippen MR) is 135 cm³/mol. The maximum absolute atomic E-state index is 13.4. The SMILES string of the molecule is Cc1cc(-n2c(C)cc(/C=C3\C(=O)NC(=S)N(c4ccccc4C)C3=O)c2C)ccc1Br. The minimum Gasteiger partial charge on any atom is -0.318 e. The monoisotopic (exact) mass is 507 g/mol. The van der Waals surface area contributed by atoms with Crippen molar-refractivity contribution in [3.05, 3.63) is 86.7 Å². The van der Waals surface area contributed by atoms with Crippen molar-refractivity contribution in [2.75, 3.05) is 4.90 Å². The van der Waals surface area contributed by atoms with Crippen LogP contribution in [0.5, 0.6) is 0 Å². The molecule has 1 aliphatic rings.